The van der Waals surface area contributed by atoms with Gasteiger partial charge in [-0.25, -0.2) is 63.1 Å². The van der Waals surface area contributed by atoms with Crippen LogP contribution in [-0.4, -0.2) is 145 Å². The van der Waals surface area contributed by atoms with E-state index in [9.17, 15) is 47.5 Å². The van der Waals surface area contributed by atoms with E-state index in [0.29, 0.717) is 91.8 Å². The van der Waals surface area contributed by atoms with Gasteiger partial charge in [0, 0.05) is 141 Å². The van der Waals surface area contributed by atoms with Crippen molar-refractivity contribution < 1.29 is 9.18 Å². The van der Waals surface area contributed by atoms with Gasteiger partial charge < -0.3 is 51.9 Å². The van der Waals surface area contributed by atoms with Crippen molar-refractivity contribution in [3.63, 3.8) is 0 Å². The van der Waals surface area contributed by atoms with Crippen molar-refractivity contribution in [2.24, 2.45) is 0 Å². The third kappa shape index (κ3) is 16.1. The number of aromatic amines is 5. The van der Waals surface area contributed by atoms with Crippen LogP contribution in [0.4, 0.5) is 10.3 Å². The first kappa shape index (κ1) is 80.2. The van der Waals surface area contributed by atoms with Gasteiger partial charge in [0.05, 0.1) is 48.9 Å². The number of H-pyrrole nitrogens is 5. The van der Waals surface area contributed by atoms with Crippen LogP contribution < -0.4 is 49.7 Å². The number of halogens is 1. The van der Waals surface area contributed by atoms with Crippen LogP contribution in [0.25, 0.3) is 89.6 Å². The number of amides is 1. The minimum absolute atomic E-state index is 0.0195. The Hall–Kier alpha value is -14.4. The lowest BCUT2D eigenvalue weighted by atomic mass is 10.3. The molecule has 18 aromatic heterocycles. The van der Waals surface area contributed by atoms with Gasteiger partial charge in [0.25, 0.3) is 38.9 Å². The molecule has 598 valence electrons. The number of pyridine rings is 1. The van der Waals surface area contributed by atoms with Crippen molar-refractivity contribution in [2.75, 3.05) is 5.32 Å². The minimum atomic E-state index is -0.525. The monoisotopic (exact) mass is 1570 g/mol. The van der Waals surface area contributed by atoms with Gasteiger partial charge in [-0.2, -0.15) is 4.98 Å². The topological polar surface area (TPSA) is 448 Å². The molecule has 18 aromatic rings. The minimum Gasteiger partial charge on any atom is -0.330 e. The van der Waals surface area contributed by atoms with E-state index in [-0.39, 0.29) is 80.8 Å². The molecule has 0 unspecified atom stereocenters. The maximum Gasteiger partial charge on any atom is 0.287 e. The highest BCUT2D eigenvalue weighted by atomic mass is 19.1. The Morgan fingerprint density at radius 1 is 0.417 bits per heavy atom. The number of nitrogens with one attached hydrogen (secondary N) is 6. The van der Waals surface area contributed by atoms with Crippen LogP contribution in [0, 0.1) is 5.82 Å². The molecule has 1 aliphatic heterocycles. The number of nitrogens with zero attached hydrogens (tertiary/aromatic N) is 24. The Balaban J connectivity index is 0.000000122. The molecule has 0 saturated heterocycles. The molecule has 0 saturated carbocycles. The highest BCUT2D eigenvalue weighted by Crippen LogP contribution is 2.22. The van der Waals surface area contributed by atoms with Gasteiger partial charge >= 0.3 is 0 Å². The van der Waals surface area contributed by atoms with Crippen LogP contribution >= 0.6 is 0 Å². The van der Waals surface area contributed by atoms with E-state index < -0.39 is 11.4 Å². The molecule has 0 atom stereocenters. The number of hydrogen-bond acceptors (Lipinski definition) is 20. The molecule has 115 heavy (non-hydrogen) atoms. The maximum atomic E-state index is 13.3. The van der Waals surface area contributed by atoms with Crippen molar-refractivity contribution in [1.82, 2.24) is 139 Å². The third-order valence-electron chi connectivity index (χ3n) is 18.3. The van der Waals surface area contributed by atoms with Crippen LogP contribution in [-0.2, 0) is 11.3 Å². The van der Waals surface area contributed by atoms with E-state index in [1.807, 2.05) is 110 Å². The normalized spacial score (nSPS) is 12.0. The summed E-state index contributed by atoms with van der Waals surface area (Å²) in [6, 6.07) is 8.77. The van der Waals surface area contributed by atoms with Crippen molar-refractivity contribution in [1.29, 1.82) is 0 Å². The first-order chi connectivity index (χ1) is 54.8. The number of anilines is 1. The molecule has 0 aromatic carbocycles. The van der Waals surface area contributed by atoms with Gasteiger partial charge in [-0.05, 0) is 123 Å². The SMILES string of the molecule is CC(C)n1cc(F)c2c(=O)[nH]cnc21.CC(C)n1ccc(=O)c2nccn21.CC(C)n1ccc(=O)n2ccnc12.CC(C)n1ccc2c(=O)[nH]cnc21.CC(C)n1cnc2c(=O)[nH]c3nccn3c21.CC(C)n1cnc2c(=O)[nH]ccc21.CC(C)n1cnc2c(=O)n3c(nc21)NC(=O)C3.CC(C)n1cnc2c(=O)n3ccnc3[nH]c21. The predicted molar refractivity (Wildman–Crippen MR) is 432 cm³/mol. The zero-order valence-electron chi connectivity index (χ0n) is 65.9. The van der Waals surface area contributed by atoms with Crippen molar-refractivity contribution in [3.8, 4) is 0 Å². The summed E-state index contributed by atoms with van der Waals surface area (Å²) in [7, 11) is 0. The first-order valence-corrected chi connectivity index (χ1v) is 36.9. The molecular weight excluding hydrogens is 1480 g/mol. The van der Waals surface area contributed by atoms with Crippen molar-refractivity contribution >= 4 is 101 Å². The largest absolute Gasteiger partial charge is 0.330 e. The Morgan fingerprint density at radius 3 is 1.67 bits per heavy atom. The molecule has 0 spiro atoms. The average Bonchev–Trinajstić information content (AvgIpc) is 1.63. The summed E-state index contributed by atoms with van der Waals surface area (Å²) in [4.78, 5) is 162. The van der Waals surface area contributed by atoms with E-state index in [1.165, 1.54) is 27.8 Å². The van der Waals surface area contributed by atoms with Crippen LogP contribution in [0.2, 0.25) is 0 Å². The second-order valence-corrected chi connectivity index (χ2v) is 28.8. The van der Waals surface area contributed by atoms with Gasteiger partial charge in [0.15, 0.2) is 50.5 Å². The van der Waals surface area contributed by atoms with E-state index in [4.69, 9.17) is 0 Å². The van der Waals surface area contributed by atoms with E-state index in [2.05, 4.69) is 140 Å². The van der Waals surface area contributed by atoms with E-state index >= 15 is 0 Å². The van der Waals surface area contributed by atoms with E-state index in [0.717, 1.165) is 22.5 Å². The molecule has 0 aliphatic carbocycles. The number of carbonyl (C=O) groups is 1. The van der Waals surface area contributed by atoms with Gasteiger partial charge in [0.1, 0.15) is 23.2 Å². The quantitative estimate of drug-likeness (QED) is 0.0833. The zero-order valence-corrected chi connectivity index (χ0v) is 65.9. The fraction of sp³-hybridized carbons (Fsp3) is 0.333. The van der Waals surface area contributed by atoms with Gasteiger partial charge in [-0.3, -0.25) is 71.5 Å². The number of fused-ring (bicyclic) bond motifs is 12. The van der Waals surface area contributed by atoms with Gasteiger partial charge in [0.2, 0.25) is 34.6 Å². The Bertz CT molecular complexity index is 6860. The Kier molecular flexibility index (Phi) is 23.2. The van der Waals surface area contributed by atoms with E-state index in [1.54, 1.807) is 119 Å². The molecule has 39 nitrogen and oxygen atoms in total. The lowest BCUT2D eigenvalue weighted by molar-refractivity contribution is -0.115. The molecule has 0 bridgehead atoms. The number of carbonyl (C=O) groups excluding carboxylic acids is 1. The molecule has 19 rings (SSSR count). The molecule has 0 radical (unpaired) electrons. The fourth-order valence-corrected chi connectivity index (χ4v) is 12.6. The first-order valence-electron chi connectivity index (χ1n) is 36.9. The number of rotatable bonds is 8. The highest BCUT2D eigenvalue weighted by Gasteiger charge is 2.25. The lowest BCUT2D eigenvalue weighted by Crippen LogP contribution is -2.20. The van der Waals surface area contributed by atoms with Crippen LogP contribution in [0.3, 0.4) is 0 Å². The number of imidazole rings is 8. The molecule has 40 heteroatoms. The molecular formula is C75H87FN30O9. The summed E-state index contributed by atoms with van der Waals surface area (Å²) in [6.07, 6.45) is 31.2. The standard InChI is InChI=1S/C10H11N5O2.2C10H11N5O.C9H10FN3O.4C9H11N3O/c1-5(2)15-4-11-7-8(15)13-10-12-6(16)3-14(10)9(7)17;1-6(2)15-5-12-7-8(16)13-10-11-3-4-14(10)9(7)15;1-6(2)15-5-12-7-8(15)13-10-11-3-4-14(10)9(7)16;1-5(2)13-3-6(10)7-8(13)11-4-12-9(7)14;1-7(2)11-5-3-8(13)12-6-4-10-9(11)12;1-7(2)11-5-3-8(13)9-10-4-6-12(9)11;1-6(2)12-5-11-8-7(12)3-4-10-9(8)13;1-6(2)12-4-3-7-8(12)10-5-11-9(7)13/h4-5H,3H2,1-2H3,(H,12,13,16);3-6H,1-2H3,(H,11,13,16);3-6H,1-2H3,(H,11,13);3-5H,1-2H3,(H,11,12,14);2*3-7H,1-2H3;3-6H,1-2H3,(H,10,13);3-6H,1-2H3,(H,10,11,13). The summed E-state index contributed by atoms with van der Waals surface area (Å²) >= 11 is 0. The second-order valence-electron chi connectivity index (χ2n) is 28.8. The van der Waals surface area contributed by atoms with Crippen molar-refractivity contribution in [2.45, 2.75) is 166 Å². The smallest absolute Gasteiger partial charge is 0.287 e. The molecule has 1 amide bonds. The Morgan fingerprint density at radius 2 is 0.991 bits per heavy atom. The van der Waals surface area contributed by atoms with Gasteiger partial charge in [-0.1, -0.05) is 0 Å². The lowest BCUT2D eigenvalue weighted by Gasteiger charge is -2.12. The number of hydrogen-bond donors (Lipinski definition) is 6. The average molecular weight is 1570 g/mol. The van der Waals surface area contributed by atoms with Crippen LogP contribution in [0.1, 0.15) is 159 Å². The zero-order chi connectivity index (χ0) is 82.7. The fourth-order valence-electron chi connectivity index (χ4n) is 12.6. The van der Waals surface area contributed by atoms with Gasteiger partial charge in [-0.15, -0.1) is 0 Å². The summed E-state index contributed by atoms with van der Waals surface area (Å²) in [5.41, 5.74) is 4.89. The maximum absolute atomic E-state index is 13.3. The second kappa shape index (κ2) is 33.3. The van der Waals surface area contributed by atoms with Crippen LogP contribution in [0.15, 0.2) is 181 Å². The molecule has 6 N–H and O–H groups in total. The highest BCUT2D eigenvalue weighted by molar-refractivity contribution is 5.93. The summed E-state index contributed by atoms with van der Waals surface area (Å²) in [5.74, 6) is 1.33. The summed E-state index contributed by atoms with van der Waals surface area (Å²) in [5, 5.41) is 3.24. The summed E-state index contributed by atoms with van der Waals surface area (Å²) < 4.78 is 36.5. The summed E-state index contributed by atoms with van der Waals surface area (Å²) in [6.45, 7) is 32.4. The van der Waals surface area contributed by atoms with Crippen molar-refractivity contribution in [3.05, 3.63) is 231 Å². The Labute approximate surface area is 648 Å². The molecule has 1 aliphatic rings. The third-order valence-corrected chi connectivity index (χ3v) is 18.3. The van der Waals surface area contributed by atoms with Crippen LogP contribution in [0.5, 0.6) is 0 Å². The number of aromatic nitrogens is 29. The molecule has 19 heterocycles. The predicted octanol–water partition coefficient (Wildman–Crippen LogP) is 8.24. The molecule has 0 fully saturated rings.